The summed E-state index contributed by atoms with van der Waals surface area (Å²) in [4.78, 5) is 14.8. The summed E-state index contributed by atoms with van der Waals surface area (Å²) in [5.41, 5.74) is 0. The van der Waals surface area contributed by atoms with Crippen molar-refractivity contribution < 1.29 is 9.21 Å². The molecule has 0 aromatic carbocycles. The number of urea groups is 1. The number of carbonyl (C=O) groups excluding carboxylic acids is 1. The number of amides is 2. The molecule has 0 radical (unpaired) electrons. The van der Waals surface area contributed by atoms with Crippen LogP contribution in [0.15, 0.2) is 38.7 Å². The van der Waals surface area contributed by atoms with E-state index < -0.39 is 0 Å². The SMILES string of the molecule is CC(NC(=O)N(C)Cc1ccc(Br)o1)c1cccs1. The molecular weight excluding hydrogens is 328 g/mol. The van der Waals surface area contributed by atoms with Gasteiger partial charge in [0.15, 0.2) is 4.67 Å². The van der Waals surface area contributed by atoms with Crippen molar-refractivity contribution >= 4 is 33.3 Å². The number of nitrogens with one attached hydrogen (secondary N) is 1. The number of hydrogen-bond acceptors (Lipinski definition) is 3. The molecule has 2 heterocycles. The van der Waals surface area contributed by atoms with E-state index in [0.29, 0.717) is 11.2 Å². The fourth-order valence-corrected chi connectivity index (χ4v) is 2.72. The lowest BCUT2D eigenvalue weighted by molar-refractivity contribution is 0.199. The number of hydrogen-bond donors (Lipinski definition) is 1. The Morgan fingerprint density at radius 1 is 1.53 bits per heavy atom. The molecule has 2 aromatic heterocycles. The summed E-state index contributed by atoms with van der Waals surface area (Å²) in [5, 5.41) is 4.96. The zero-order valence-electron chi connectivity index (χ0n) is 10.7. The number of carbonyl (C=O) groups is 1. The summed E-state index contributed by atoms with van der Waals surface area (Å²) >= 11 is 4.88. The Morgan fingerprint density at radius 2 is 2.32 bits per heavy atom. The number of halogens is 1. The molecule has 0 bridgehead atoms. The highest BCUT2D eigenvalue weighted by atomic mass is 79.9. The largest absolute Gasteiger partial charge is 0.452 e. The first-order chi connectivity index (χ1) is 9.06. The molecule has 19 heavy (non-hydrogen) atoms. The number of nitrogens with zero attached hydrogens (tertiary/aromatic N) is 1. The van der Waals surface area contributed by atoms with Gasteiger partial charge in [0.05, 0.1) is 12.6 Å². The predicted molar refractivity (Wildman–Crippen MR) is 79.1 cm³/mol. The third-order valence-corrected chi connectivity index (χ3v) is 4.16. The van der Waals surface area contributed by atoms with Crippen molar-refractivity contribution in [3.63, 3.8) is 0 Å². The maximum absolute atomic E-state index is 12.0. The Morgan fingerprint density at radius 3 is 2.89 bits per heavy atom. The van der Waals surface area contributed by atoms with Crippen molar-refractivity contribution in [2.45, 2.75) is 19.5 Å². The molecule has 0 aliphatic heterocycles. The highest BCUT2D eigenvalue weighted by Gasteiger charge is 2.15. The van der Waals surface area contributed by atoms with Crippen molar-refractivity contribution in [3.8, 4) is 0 Å². The van der Waals surface area contributed by atoms with Gasteiger partial charge < -0.3 is 14.6 Å². The van der Waals surface area contributed by atoms with Gasteiger partial charge in [-0.15, -0.1) is 11.3 Å². The van der Waals surface area contributed by atoms with Crippen molar-refractivity contribution in [1.82, 2.24) is 10.2 Å². The van der Waals surface area contributed by atoms with E-state index in [2.05, 4.69) is 21.2 Å². The summed E-state index contributed by atoms with van der Waals surface area (Å²) in [6, 6.07) is 7.55. The van der Waals surface area contributed by atoms with E-state index in [0.717, 1.165) is 10.6 Å². The standard InChI is InChI=1S/C13H15BrN2O2S/c1-9(11-4-3-7-19-11)15-13(17)16(2)8-10-5-6-12(14)18-10/h3-7,9H,8H2,1-2H3,(H,15,17). The lowest BCUT2D eigenvalue weighted by Crippen LogP contribution is -2.37. The van der Waals surface area contributed by atoms with Crippen LogP contribution in [0, 0.1) is 0 Å². The lowest BCUT2D eigenvalue weighted by Gasteiger charge is -2.20. The highest BCUT2D eigenvalue weighted by Crippen LogP contribution is 2.19. The third-order valence-electron chi connectivity index (χ3n) is 2.68. The maximum atomic E-state index is 12.0. The van der Waals surface area contributed by atoms with Gasteiger partial charge in [-0.05, 0) is 46.4 Å². The van der Waals surface area contributed by atoms with E-state index in [9.17, 15) is 4.79 Å². The Labute approximate surface area is 124 Å². The zero-order chi connectivity index (χ0) is 13.8. The summed E-state index contributed by atoms with van der Waals surface area (Å²) in [7, 11) is 1.74. The molecule has 6 heteroatoms. The molecule has 0 saturated heterocycles. The van der Waals surface area contributed by atoms with Gasteiger partial charge in [-0.25, -0.2) is 4.79 Å². The molecule has 1 atom stereocenters. The lowest BCUT2D eigenvalue weighted by atomic mass is 10.3. The normalized spacial score (nSPS) is 12.2. The van der Waals surface area contributed by atoms with Gasteiger partial charge in [0, 0.05) is 11.9 Å². The summed E-state index contributed by atoms with van der Waals surface area (Å²) in [5.74, 6) is 0.744. The van der Waals surface area contributed by atoms with E-state index in [-0.39, 0.29) is 12.1 Å². The van der Waals surface area contributed by atoms with E-state index >= 15 is 0 Å². The van der Waals surface area contributed by atoms with Crippen LogP contribution in [0.2, 0.25) is 0 Å². The fourth-order valence-electron chi connectivity index (χ4n) is 1.65. The van der Waals surface area contributed by atoms with Crippen LogP contribution in [0.4, 0.5) is 4.79 Å². The third kappa shape index (κ3) is 3.84. The zero-order valence-corrected chi connectivity index (χ0v) is 13.1. The van der Waals surface area contributed by atoms with Gasteiger partial charge >= 0.3 is 6.03 Å². The Hall–Kier alpha value is -1.27. The first-order valence-corrected chi connectivity index (χ1v) is 7.53. The number of rotatable bonds is 4. The van der Waals surface area contributed by atoms with Crippen molar-refractivity contribution in [3.05, 3.63) is 45.0 Å². The molecule has 0 aliphatic carbocycles. The second kappa shape index (κ2) is 6.25. The Balaban J connectivity index is 1.89. The highest BCUT2D eigenvalue weighted by molar-refractivity contribution is 9.10. The molecule has 0 aliphatic rings. The molecular formula is C13H15BrN2O2S. The topological polar surface area (TPSA) is 45.5 Å². The molecule has 4 nitrogen and oxygen atoms in total. The monoisotopic (exact) mass is 342 g/mol. The van der Waals surface area contributed by atoms with Gasteiger partial charge in [-0.2, -0.15) is 0 Å². The second-order valence-electron chi connectivity index (χ2n) is 4.25. The van der Waals surface area contributed by atoms with Gasteiger partial charge in [-0.3, -0.25) is 0 Å². The van der Waals surface area contributed by atoms with Crippen LogP contribution in [0.5, 0.6) is 0 Å². The molecule has 1 unspecified atom stereocenters. The fraction of sp³-hybridized carbons (Fsp3) is 0.308. The minimum atomic E-state index is -0.117. The first-order valence-electron chi connectivity index (χ1n) is 5.85. The second-order valence-corrected chi connectivity index (χ2v) is 6.01. The first kappa shape index (κ1) is 14.1. The summed E-state index contributed by atoms with van der Waals surface area (Å²) in [6.45, 7) is 2.41. The van der Waals surface area contributed by atoms with Crippen LogP contribution in [-0.4, -0.2) is 18.0 Å². The van der Waals surface area contributed by atoms with Crippen LogP contribution in [-0.2, 0) is 6.54 Å². The van der Waals surface area contributed by atoms with Gasteiger partial charge in [0.2, 0.25) is 0 Å². The molecule has 102 valence electrons. The van der Waals surface area contributed by atoms with E-state index in [1.54, 1.807) is 23.3 Å². The van der Waals surface area contributed by atoms with Crippen molar-refractivity contribution in [2.75, 3.05) is 7.05 Å². The number of thiophene rings is 1. The smallest absolute Gasteiger partial charge is 0.318 e. The van der Waals surface area contributed by atoms with Crippen molar-refractivity contribution in [2.24, 2.45) is 0 Å². The van der Waals surface area contributed by atoms with Crippen LogP contribution < -0.4 is 5.32 Å². The van der Waals surface area contributed by atoms with E-state index in [1.165, 1.54) is 0 Å². The van der Waals surface area contributed by atoms with E-state index in [1.807, 2.05) is 36.6 Å². The van der Waals surface area contributed by atoms with Crippen LogP contribution in [0.25, 0.3) is 0 Å². The average Bonchev–Trinajstić information content (AvgIpc) is 3.00. The Kier molecular flexibility index (Phi) is 4.66. The molecule has 0 saturated carbocycles. The number of furan rings is 1. The summed E-state index contributed by atoms with van der Waals surface area (Å²) < 4.78 is 6.05. The molecule has 2 amide bonds. The van der Waals surface area contributed by atoms with Gasteiger partial charge in [0.1, 0.15) is 5.76 Å². The van der Waals surface area contributed by atoms with Gasteiger partial charge in [0.25, 0.3) is 0 Å². The maximum Gasteiger partial charge on any atom is 0.318 e. The minimum Gasteiger partial charge on any atom is -0.452 e. The molecule has 1 N–H and O–H groups in total. The van der Waals surface area contributed by atoms with Crippen LogP contribution >= 0.6 is 27.3 Å². The van der Waals surface area contributed by atoms with E-state index in [4.69, 9.17) is 4.42 Å². The molecule has 2 rings (SSSR count). The molecule has 0 fully saturated rings. The minimum absolute atomic E-state index is 0.0123. The predicted octanol–water partition coefficient (Wildman–Crippen LogP) is 4.01. The quantitative estimate of drug-likeness (QED) is 0.912. The Bertz CT molecular complexity index is 539. The summed E-state index contributed by atoms with van der Waals surface area (Å²) in [6.07, 6.45) is 0. The van der Waals surface area contributed by atoms with Crippen LogP contribution in [0.3, 0.4) is 0 Å². The van der Waals surface area contributed by atoms with Crippen LogP contribution in [0.1, 0.15) is 23.6 Å². The molecule has 2 aromatic rings. The average molecular weight is 343 g/mol. The molecule has 0 spiro atoms. The van der Waals surface area contributed by atoms with Crippen molar-refractivity contribution in [1.29, 1.82) is 0 Å². The van der Waals surface area contributed by atoms with Gasteiger partial charge in [-0.1, -0.05) is 6.07 Å².